The van der Waals surface area contributed by atoms with Crippen molar-refractivity contribution in [2.75, 3.05) is 6.54 Å². The average Bonchev–Trinajstić information content (AvgIpc) is 2.62. The number of hydrogen-bond donors (Lipinski definition) is 1. The van der Waals surface area contributed by atoms with E-state index in [0.29, 0.717) is 24.1 Å². The van der Waals surface area contributed by atoms with Crippen LogP contribution in [0.25, 0.3) is 0 Å². The minimum Gasteiger partial charge on any atom is -0.330 e. The lowest BCUT2D eigenvalue weighted by molar-refractivity contribution is -0.380. The lowest BCUT2D eigenvalue weighted by atomic mass is 10.3. The third-order valence-corrected chi connectivity index (χ3v) is 2.52. The predicted octanol–water partition coefficient (Wildman–Crippen LogP) is 1.17. The smallest absolute Gasteiger partial charge is 0.330 e. The molecule has 0 amide bonds. The van der Waals surface area contributed by atoms with Crippen LogP contribution < -0.4 is 5.73 Å². The Morgan fingerprint density at radius 1 is 1.67 bits per heavy atom. The Morgan fingerprint density at radius 3 is 2.93 bits per heavy atom. The van der Waals surface area contributed by atoms with Gasteiger partial charge >= 0.3 is 5.00 Å². The monoisotopic (exact) mass is 224 g/mol. The van der Waals surface area contributed by atoms with Crippen LogP contribution >= 0.6 is 11.3 Å². The highest BCUT2D eigenvalue weighted by Crippen LogP contribution is 2.28. The maximum atomic E-state index is 10.6. The Morgan fingerprint density at radius 2 is 2.40 bits per heavy atom. The van der Waals surface area contributed by atoms with Crippen molar-refractivity contribution in [3.8, 4) is 11.8 Å². The van der Waals surface area contributed by atoms with Gasteiger partial charge in [-0.2, -0.15) is 0 Å². The Balaban J connectivity index is 3.05. The maximum absolute atomic E-state index is 10.6. The number of rotatable bonds is 3. The molecule has 0 unspecified atom stereocenters. The molecule has 1 heterocycles. The number of thiophene rings is 1. The molecule has 0 bridgehead atoms. The first-order valence-electron chi connectivity index (χ1n) is 4.11. The Labute approximate surface area is 90.1 Å². The molecule has 2 N–H and O–H groups in total. The van der Waals surface area contributed by atoms with E-state index < -0.39 is 4.92 Å². The maximum Gasteiger partial charge on any atom is 0.340 e. The zero-order valence-electron chi connectivity index (χ0n) is 7.73. The molecule has 1 aromatic rings. The van der Waals surface area contributed by atoms with Crippen molar-refractivity contribution in [1.82, 2.24) is 0 Å². The SMILES string of the molecule is NCCC#Cc1cc(C=O)sc1[N+](=O)[O-]. The molecule has 0 fully saturated rings. The van der Waals surface area contributed by atoms with E-state index in [1.54, 1.807) is 0 Å². The molecule has 0 aliphatic rings. The van der Waals surface area contributed by atoms with E-state index >= 15 is 0 Å². The number of carbonyl (C=O) groups is 1. The molecule has 1 rings (SSSR count). The van der Waals surface area contributed by atoms with Crippen LogP contribution in [0.1, 0.15) is 21.7 Å². The molecule has 15 heavy (non-hydrogen) atoms. The van der Waals surface area contributed by atoms with Crippen LogP contribution in [0.5, 0.6) is 0 Å². The summed E-state index contributed by atoms with van der Waals surface area (Å²) in [4.78, 5) is 20.8. The molecule has 0 spiro atoms. The van der Waals surface area contributed by atoms with E-state index in [9.17, 15) is 14.9 Å². The summed E-state index contributed by atoms with van der Waals surface area (Å²) in [6.45, 7) is 0.408. The van der Waals surface area contributed by atoms with Crippen LogP contribution in [0.2, 0.25) is 0 Å². The van der Waals surface area contributed by atoms with E-state index in [4.69, 9.17) is 5.73 Å². The predicted molar refractivity (Wildman–Crippen MR) is 56.9 cm³/mol. The van der Waals surface area contributed by atoms with Gasteiger partial charge in [0, 0.05) is 13.0 Å². The second-order valence-electron chi connectivity index (χ2n) is 2.58. The standard InChI is InChI=1S/C9H8N2O3S/c10-4-2-1-3-7-5-8(6-12)15-9(7)11(13)14/h5-6H,2,4,10H2. The molecule has 5 nitrogen and oxygen atoms in total. The summed E-state index contributed by atoms with van der Waals surface area (Å²) >= 11 is 0.825. The molecular weight excluding hydrogens is 216 g/mol. The van der Waals surface area contributed by atoms with E-state index in [-0.39, 0.29) is 10.6 Å². The van der Waals surface area contributed by atoms with Gasteiger partial charge in [0.05, 0.1) is 9.80 Å². The van der Waals surface area contributed by atoms with Gasteiger partial charge < -0.3 is 5.73 Å². The van der Waals surface area contributed by atoms with E-state index in [1.807, 2.05) is 0 Å². The normalized spacial score (nSPS) is 9.13. The van der Waals surface area contributed by atoms with Crippen LogP contribution in [-0.4, -0.2) is 17.8 Å². The van der Waals surface area contributed by atoms with Crippen LogP contribution in [0, 0.1) is 22.0 Å². The zero-order valence-corrected chi connectivity index (χ0v) is 8.54. The first-order valence-corrected chi connectivity index (χ1v) is 4.93. The minimum atomic E-state index is -0.538. The van der Waals surface area contributed by atoms with Gasteiger partial charge in [-0.3, -0.25) is 14.9 Å². The lowest BCUT2D eigenvalue weighted by Gasteiger charge is -1.84. The highest BCUT2D eigenvalue weighted by atomic mass is 32.1. The molecule has 0 aliphatic heterocycles. The van der Waals surface area contributed by atoms with Crippen molar-refractivity contribution < 1.29 is 9.72 Å². The van der Waals surface area contributed by atoms with Crippen molar-refractivity contribution in [2.24, 2.45) is 5.73 Å². The van der Waals surface area contributed by atoms with Gasteiger partial charge in [-0.05, 0) is 6.07 Å². The second-order valence-corrected chi connectivity index (χ2v) is 3.65. The third-order valence-electron chi connectivity index (χ3n) is 1.51. The number of nitrogens with two attached hydrogens (primary N) is 1. The van der Waals surface area contributed by atoms with Gasteiger partial charge in [0.2, 0.25) is 0 Å². The first kappa shape index (κ1) is 11.4. The summed E-state index contributed by atoms with van der Waals surface area (Å²) in [7, 11) is 0. The van der Waals surface area contributed by atoms with Crippen LogP contribution in [0.3, 0.4) is 0 Å². The molecule has 0 atom stereocenters. The molecule has 0 aromatic carbocycles. The fourth-order valence-corrected chi connectivity index (χ4v) is 1.66. The second kappa shape index (κ2) is 5.24. The molecule has 78 valence electrons. The third kappa shape index (κ3) is 2.87. The fourth-order valence-electron chi connectivity index (χ4n) is 0.913. The summed E-state index contributed by atoms with van der Waals surface area (Å²) in [6.07, 6.45) is 1.05. The summed E-state index contributed by atoms with van der Waals surface area (Å²) < 4.78 is 0. The first-order chi connectivity index (χ1) is 7.19. The molecule has 0 saturated carbocycles. The van der Waals surface area contributed by atoms with Gasteiger partial charge in [-0.25, -0.2) is 0 Å². The largest absolute Gasteiger partial charge is 0.340 e. The fraction of sp³-hybridized carbons (Fsp3) is 0.222. The summed E-state index contributed by atoms with van der Waals surface area (Å²) in [5, 5.41) is 10.5. The number of carbonyl (C=O) groups excluding carboxylic acids is 1. The minimum absolute atomic E-state index is 0.0957. The number of nitro groups is 1. The van der Waals surface area contributed by atoms with Crippen molar-refractivity contribution in [3.05, 3.63) is 26.6 Å². The van der Waals surface area contributed by atoms with Gasteiger partial charge in [0.25, 0.3) is 0 Å². The topological polar surface area (TPSA) is 86.2 Å². The van der Waals surface area contributed by atoms with Gasteiger partial charge in [-0.1, -0.05) is 23.2 Å². The summed E-state index contributed by atoms with van der Waals surface area (Å²) in [5.41, 5.74) is 5.51. The molecule has 0 aliphatic carbocycles. The quantitative estimate of drug-likeness (QED) is 0.361. The number of nitrogens with zero attached hydrogens (tertiary/aromatic N) is 1. The summed E-state index contributed by atoms with van der Waals surface area (Å²) in [6, 6.07) is 1.42. The number of hydrogen-bond acceptors (Lipinski definition) is 5. The zero-order chi connectivity index (χ0) is 11.3. The highest BCUT2D eigenvalue weighted by Gasteiger charge is 2.17. The van der Waals surface area contributed by atoms with E-state index in [2.05, 4.69) is 11.8 Å². The molecule has 0 saturated heterocycles. The van der Waals surface area contributed by atoms with E-state index in [0.717, 1.165) is 11.3 Å². The van der Waals surface area contributed by atoms with Crippen LogP contribution in [0.15, 0.2) is 6.07 Å². The van der Waals surface area contributed by atoms with Crippen LogP contribution in [-0.2, 0) is 0 Å². The Bertz CT molecular complexity index is 442. The molecule has 0 radical (unpaired) electrons. The van der Waals surface area contributed by atoms with Crippen molar-refractivity contribution in [2.45, 2.75) is 6.42 Å². The van der Waals surface area contributed by atoms with Gasteiger partial charge in [-0.15, -0.1) is 0 Å². The summed E-state index contributed by atoms with van der Waals surface area (Å²) in [5.74, 6) is 5.33. The van der Waals surface area contributed by atoms with Gasteiger partial charge in [0.15, 0.2) is 6.29 Å². The molecule has 6 heteroatoms. The number of aldehydes is 1. The highest BCUT2D eigenvalue weighted by molar-refractivity contribution is 7.17. The lowest BCUT2D eigenvalue weighted by Crippen LogP contribution is -1.95. The Kier molecular flexibility index (Phi) is 3.97. The van der Waals surface area contributed by atoms with Crippen molar-refractivity contribution in [1.29, 1.82) is 0 Å². The van der Waals surface area contributed by atoms with Crippen molar-refractivity contribution >= 4 is 22.6 Å². The molecular formula is C9H8N2O3S. The van der Waals surface area contributed by atoms with Crippen LogP contribution in [0.4, 0.5) is 5.00 Å². The Hall–Kier alpha value is -1.71. The van der Waals surface area contributed by atoms with Gasteiger partial charge in [0.1, 0.15) is 5.56 Å². The van der Waals surface area contributed by atoms with Crippen molar-refractivity contribution in [3.63, 3.8) is 0 Å². The average molecular weight is 224 g/mol. The van der Waals surface area contributed by atoms with E-state index in [1.165, 1.54) is 6.07 Å². The molecule has 1 aromatic heterocycles.